The summed E-state index contributed by atoms with van der Waals surface area (Å²) < 4.78 is 38.6. The molecule has 3 aromatic carbocycles. The van der Waals surface area contributed by atoms with Gasteiger partial charge in [-0.05, 0) is 67.9 Å². The van der Waals surface area contributed by atoms with Crippen molar-refractivity contribution in [1.82, 2.24) is 4.72 Å². The summed E-state index contributed by atoms with van der Waals surface area (Å²) in [5, 5.41) is 3.17. The number of ether oxygens (including phenoxy) is 2. The zero-order valence-corrected chi connectivity index (χ0v) is 19.8. The van der Waals surface area contributed by atoms with E-state index in [-0.39, 0.29) is 17.5 Å². The number of nitrogens with one attached hydrogen (secondary N) is 2. The van der Waals surface area contributed by atoms with Crippen molar-refractivity contribution in [3.63, 3.8) is 0 Å². The molecule has 0 heterocycles. The van der Waals surface area contributed by atoms with Gasteiger partial charge in [0.25, 0.3) is 5.91 Å². The van der Waals surface area contributed by atoms with Crippen molar-refractivity contribution >= 4 is 33.2 Å². The highest BCUT2D eigenvalue weighted by atomic mass is 35.5. The van der Waals surface area contributed by atoms with E-state index in [0.717, 1.165) is 0 Å². The first-order chi connectivity index (χ1) is 15.8. The van der Waals surface area contributed by atoms with E-state index in [1.165, 1.54) is 24.3 Å². The van der Waals surface area contributed by atoms with Crippen LogP contribution in [0.15, 0.2) is 77.7 Å². The van der Waals surface area contributed by atoms with Crippen molar-refractivity contribution < 1.29 is 22.7 Å². The van der Waals surface area contributed by atoms with Gasteiger partial charge in [0.05, 0.1) is 10.6 Å². The van der Waals surface area contributed by atoms with Gasteiger partial charge in [-0.15, -0.1) is 0 Å². The van der Waals surface area contributed by atoms with Crippen LogP contribution in [0.3, 0.4) is 0 Å². The summed E-state index contributed by atoms with van der Waals surface area (Å²) in [5.41, 5.74) is 0.400. The number of rotatable bonds is 10. The molecule has 0 unspecified atom stereocenters. The van der Waals surface area contributed by atoms with Crippen LogP contribution in [0, 0.1) is 0 Å². The molecule has 0 aliphatic carbocycles. The Labute approximate surface area is 198 Å². The van der Waals surface area contributed by atoms with Gasteiger partial charge in [0.2, 0.25) is 10.0 Å². The predicted octanol–water partition coefficient (Wildman–Crippen LogP) is 5.23. The number of carbonyl (C=O) groups excluding carboxylic acids is 1. The fraction of sp³-hybridized carbons (Fsp3) is 0.208. The van der Waals surface area contributed by atoms with Crippen LogP contribution in [0.1, 0.15) is 20.3 Å². The van der Waals surface area contributed by atoms with Crippen LogP contribution in [0.25, 0.3) is 0 Å². The Kier molecular flexibility index (Phi) is 8.32. The molecule has 1 amide bonds. The molecule has 0 saturated carbocycles. The van der Waals surface area contributed by atoms with Gasteiger partial charge in [-0.3, -0.25) is 4.79 Å². The average Bonchev–Trinajstić information content (AvgIpc) is 2.80. The second kappa shape index (κ2) is 11.2. The quantitative estimate of drug-likeness (QED) is 0.407. The fourth-order valence-electron chi connectivity index (χ4n) is 2.77. The lowest BCUT2D eigenvalue weighted by atomic mass is 10.2. The summed E-state index contributed by atoms with van der Waals surface area (Å²) in [5.74, 6) is 0.983. The third-order valence-corrected chi connectivity index (χ3v) is 6.50. The van der Waals surface area contributed by atoms with E-state index in [4.69, 9.17) is 21.1 Å². The van der Waals surface area contributed by atoms with Gasteiger partial charge in [0.15, 0.2) is 12.4 Å². The van der Waals surface area contributed by atoms with E-state index in [0.29, 0.717) is 34.4 Å². The first-order valence-electron chi connectivity index (χ1n) is 10.3. The SMILES string of the molecule is CC[C@H](C)NS(=O)(=O)c1ccc(OCC(=O)Nc2cc(Cl)ccc2Oc2ccccc2)cc1. The minimum absolute atomic E-state index is 0.126. The molecular formula is C24H25ClN2O5S. The molecule has 2 N–H and O–H groups in total. The number of benzene rings is 3. The number of amides is 1. The number of hydrogen-bond donors (Lipinski definition) is 2. The molecule has 1 atom stereocenters. The van der Waals surface area contributed by atoms with Crippen LogP contribution >= 0.6 is 11.6 Å². The number of anilines is 1. The lowest BCUT2D eigenvalue weighted by Gasteiger charge is -2.14. The summed E-state index contributed by atoms with van der Waals surface area (Å²) in [7, 11) is -3.61. The molecule has 0 aliphatic heterocycles. The summed E-state index contributed by atoms with van der Waals surface area (Å²) in [6.45, 7) is 3.41. The predicted molar refractivity (Wildman–Crippen MR) is 129 cm³/mol. The average molecular weight is 489 g/mol. The van der Waals surface area contributed by atoms with E-state index >= 15 is 0 Å². The van der Waals surface area contributed by atoms with Gasteiger partial charge in [0, 0.05) is 11.1 Å². The number of para-hydroxylation sites is 1. The maximum atomic E-state index is 12.4. The Balaban J connectivity index is 1.61. The molecule has 33 heavy (non-hydrogen) atoms. The molecule has 7 nitrogen and oxygen atoms in total. The zero-order valence-electron chi connectivity index (χ0n) is 18.2. The van der Waals surface area contributed by atoms with Gasteiger partial charge in [0.1, 0.15) is 11.5 Å². The highest BCUT2D eigenvalue weighted by Gasteiger charge is 2.17. The maximum Gasteiger partial charge on any atom is 0.262 e. The van der Waals surface area contributed by atoms with E-state index < -0.39 is 15.9 Å². The van der Waals surface area contributed by atoms with Crippen molar-refractivity contribution in [1.29, 1.82) is 0 Å². The molecule has 0 spiro atoms. The second-order valence-corrected chi connectivity index (χ2v) is 9.44. The third-order valence-electron chi connectivity index (χ3n) is 4.66. The van der Waals surface area contributed by atoms with Crippen LogP contribution in [0.5, 0.6) is 17.2 Å². The van der Waals surface area contributed by atoms with Gasteiger partial charge >= 0.3 is 0 Å². The zero-order chi connectivity index (χ0) is 23.8. The van der Waals surface area contributed by atoms with Crippen LogP contribution in [0.4, 0.5) is 5.69 Å². The van der Waals surface area contributed by atoms with Crippen molar-refractivity contribution in [2.24, 2.45) is 0 Å². The van der Waals surface area contributed by atoms with Gasteiger partial charge in [-0.1, -0.05) is 36.7 Å². The number of halogens is 1. The van der Waals surface area contributed by atoms with Crippen molar-refractivity contribution in [3.8, 4) is 17.2 Å². The summed E-state index contributed by atoms with van der Waals surface area (Å²) in [6.07, 6.45) is 0.681. The number of sulfonamides is 1. The third kappa shape index (κ3) is 7.21. The summed E-state index contributed by atoms with van der Waals surface area (Å²) in [6, 6.07) is 19.8. The minimum atomic E-state index is -3.61. The standard InChI is InChI=1S/C24H25ClN2O5S/c1-3-17(2)27-33(29,30)21-12-10-19(11-13-21)31-16-24(28)26-22-15-18(25)9-14-23(22)32-20-7-5-4-6-8-20/h4-15,17,27H,3,16H2,1-2H3,(H,26,28)/t17-/m0/s1. The smallest absolute Gasteiger partial charge is 0.262 e. The monoisotopic (exact) mass is 488 g/mol. The van der Waals surface area contributed by atoms with Gasteiger partial charge in [-0.25, -0.2) is 13.1 Å². The molecule has 9 heteroatoms. The minimum Gasteiger partial charge on any atom is -0.484 e. The van der Waals surface area contributed by atoms with Crippen molar-refractivity contribution in [3.05, 3.63) is 77.8 Å². The molecule has 0 aromatic heterocycles. The maximum absolute atomic E-state index is 12.4. The van der Waals surface area contributed by atoms with Gasteiger partial charge in [-0.2, -0.15) is 0 Å². The highest BCUT2D eigenvalue weighted by molar-refractivity contribution is 7.89. The van der Waals surface area contributed by atoms with Crippen LogP contribution in [0.2, 0.25) is 5.02 Å². The molecule has 0 fully saturated rings. The Bertz CT molecular complexity index is 1190. The Morgan fingerprint density at radius 2 is 1.70 bits per heavy atom. The Hall–Kier alpha value is -3.07. The van der Waals surface area contributed by atoms with E-state index in [1.54, 1.807) is 37.3 Å². The fourth-order valence-corrected chi connectivity index (χ4v) is 4.27. The first-order valence-corrected chi connectivity index (χ1v) is 12.2. The molecule has 3 rings (SSSR count). The topological polar surface area (TPSA) is 93.7 Å². The molecule has 3 aromatic rings. The Morgan fingerprint density at radius 3 is 2.36 bits per heavy atom. The largest absolute Gasteiger partial charge is 0.484 e. The van der Waals surface area contributed by atoms with Gasteiger partial charge < -0.3 is 14.8 Å². The lowest BCUT2D eigenvalue weighted by molar-refractivity contribution is -0.118. The molecule has 0 saturated heterocycles. The molecule has 0 radical (unpaired) electrons. The van der Waals surface area contributed by atoms with Crippen LogP contribution in [-0.4, -0.2) is 27.0 Å². The first kappa shape index (κ1) is 24.6. The van der Waals surface area contributed by atoms with Crippen molar-refractivity contribution in [2.45, 2.75) is 31.2 Å². The normalized spacial score (nSPS) is 12.1. The van der Waals surface area contributed by atoms with E-state index in [9.17, 15) is 13.2 Å². The Morgan fingerprint density at radius 1 is 1.00 bits per heavy atom. The molecular weight excluding hydrogens is 464 g/mol. The number of carbonyl (C=O) groups is 1. The number of hydrogen-bond acceptors (Lipinski definition) is 5. The summed E-state index contributed by atoms with van der Waals surface area (Å²) in [4.78, 5) is 12.6. The summed E-state index contributed by atoms with van der Waals surface area (Å²) >= 11 is 6.08. The molecule has 174 valence electrons. The van der Waals surface area contributed by atoms with E-state index in [1.807, 2.05) is 25.1 Å². The van der Waals surface area contributed by atoms with Crippen molar-refractivity contribution in [2.75, 3.05) is 11.9 Å². The lowest BCUT2D eigenvalue weighted by Crippen LogP contribution is -2.31. The molecule has 0 bridgehead atoms. The molecule has 0 aliphatic rings. The second-order valence-electron chi connectivity index (χ2n) is 7.29. The van der Waals surface area contributed by atoms with Crippen LogP contribution in [-0.2, 0) is 14.8 Å². The van der Waals surface area contributed by atoms with Crippen LogP contribution < -0.4 is 19.5 Å². The highest BCUT2D eigenvalue weighted by Crippen LogP contribution is 2.32. The van der Waals surface area contributed by atoms with E-state index in [2.05, 4.69) is 10.0 Å².